The minimum absolute atomic E-state index is 0.310. The molecule has 22 heavy (non-hydrogen) atoms. The molecule has 0 aliphatic carbocycles. The largest absolute Gasteiger partial charge is 0.375 e. The van der Waals surface area contributed by atoms with Crippen LogP contribution in [0.15, 0.2) is 59.6 Å². The Hall–Kier alpha value is -2.24. The summed E-state index contributed by atoms with van der Waals surface area (Å²) in [5, 5.41) is 17.0. The van der Waals surface area contributed by atoms with Crippen molar-refractivity contribution < 1.29 is 5.11 Å². The van der Waals surface area contributed by atoms with Crippen molar-refractivity contribution in [3.63, 3.8) is 0 Å². The molecular formula is C17H17N3OS. The average Bonchev–Trinajstić information content (AvgIpc) is 2.55. The van der Waals surface area contributed by atoms with E-state index in [1.54, 1.807) is 6.92 Å². The maximum Gasteiger partial charge on any atom is 0.169 e. The lowest BCUT2D eigenvalue weighted by molar-refractivity contribution is 0.206. The van der Waals surface area contributed by atoms with Gasteiger partial charge in [0.15, 0.2) is 5.60 Å². The summed E-state index contributed by atoms with van der Waals surface area (Å²) in [6, 6.07) is 17.4. The first-order chi connectivity index (χ1) is 10.6. The van der Waals surface area contributed by atoms with E-state index in [9.17, 15) is 5.11 Å². The molecule has 3 N–H and O–H groups in total. The van der Waals surface area contributed by atoms with E-state index in [2.05, 4.69) is 15.6 Å². The molecule has 1 heterocycles. The van der Waals surface area contributed by atoms with E-state index < -0.39 is 5.60 Å². The molecule has 0 amide bonds. The summed E-state index contributed by atoms with van der Waals surface area (Å²) in [4.78, 5) is 4.74. The van der Waals surface area contributed by atoms with Gasteiger partial charge in [-0.15, -0.1) is 0 Å². The maximum absolute atomic E-state index is 10.8. The van der Waals surface area contributed by atoms with Gasteiger partial charge in [0.2, 0.25) is 0 Å². The molecule has 0 radical (unpaired) electrons. The molecule has 0 saturated carbocycles. The highest BCUT2D eigenvalue weighted by atomic mass is 32.1. The number of benzene rings is 2. The van der Waals surface area contributed by atoms with Crippen molar-refractivity contribution in [2.75, 3.05) is 10.6 Å². The third-order valence-corrected chi connectivity index (χ3v) is 4.11. The van der Waals surface area contributed by atoms with E-state index >= 15 is 0 Å². The Morgan fingerprint density at radius 1 is 1.18 bits per heavy atom. The number of aliphatic imine (C=N–C) groups is 1. The Morgan fingerprint density at radius 3 is 2.64 bits per heavy atom. The highest BCUT2D eigenvalue weighted by molar-refractivity contribution is 7.80. The van der Waals surface area contributed by atoms with Crippen LogP contribution in [0.4, 0.5) is 11.4 Å². The number of para-hydroxylation sites is 2. The number of nitrogens with one attached hydrogen (secondary N) is 2. The van der Waals surface area contributed by atoms with Crippen LogP contribution in [0.5, 0.6) is 0 Å². The second kappa shape index (κ2) is 5.87. The molecule has 1 aliphatic heterocycles. The number of rotatable bonds is 3. The molecule has 1 aliphatic rings. The number of hydrogen-bond donors (Lipinski definition) is 3. The second-order valence-corrected chi connectivity index (χ2v) is 5.75. The van der Waals surface area contributed by atoms with Crippen molar-refractivity contribution in [3.8, 4) is 0 Å². The Labute approximate surface area is 134 Å². The third kappa shape index (κ3) is 2.86. The molecule has 2 aromatic rings. The monoisotopic (exact) mass is 311 g/mol. The van der Waals surface area contributed by atoms with Crippen LogP contribution in [-0.2, 0) is 6.54 Å². The SMILES string of the molecule is CC(O)(C(=S)Nc1ccccc1)C1=NCc2ccccc2N1. The van der Waals surface area contributed by atoms with Gasteiger partial charge in [-0.05, 0) is 30.7 Å². The molecule has 112 valence electrons. The van der Waals surface area contributed by atoms with E-state index in [-0.39, 0.29) is 0 Å². The first-order valence-electron chi connectivity index (χ1n) is 7.06. The summed E-state index contributed by atoms with van der Waals surface area (Å²) in [6.45, 7) is 2.17. The van der Waals surface area contributed by atoms with Gasteiger partial charge in [-0.1, -0.05) is 48.6 Å². The zero-order chi connectivity index (χ0) is 15.6. The zero-order valence-corrected chi connectivity index (χ0v) is 13.0. The molecule has 2 aromatic carbocycles. The van der Waals surface area contributed by atoms with Gasteiger partial charge in [-0.25, -0.2) is 0 Å². The van der Waals surface area contributed by atoms with Crippen LogP contribution < -0.4 is 10.6 Å². The molecule has 0 aromatic heterocycles. The van der Waals surface area contributed by atoms with Crippen molar-refractivity contribution in [1.82, 2.24) is 0 Å². The normalized spacial score (nSPS) is 15.8. The Bertz CT molecular complexity index is 726. The van der Waals surface area contributed by atoms with E-state index in [0.717, 1.165) is 16.9 Å². The number of nitrogens with zero attached hydrogens (tertiary/aromatic N) is 1. The highest BCUT2D eigenvalue weighted by Crippen LogP contribution is 2.24. The molecule has 5 heteroatoms. The van der Waals surface area contributed by atoms with Crippen molar-refractivity contribution in [2.45, 2.75) is 19.1 Å². The van der Waals surface area contributed by atoms with Gasteiger partial charge < -0.3 is 15.7 Å². The Balaban J connectivity index is 1.78. The lowest BCUT2D eigenvalue weighted by Crippen LogP contribution is -2.50. The standard InChI is InChI=1S/C17H17N3OS/c1-17(21,16(22)19-13-8-3-2-4-9-13)15-18-11-12-7-5-6-10-14(12)20-15/h2-10,21H,11H2,1H3,(H,18,20)(H,19,22). The second-order valence-electron chi connectivity index (χ2n) is 5.34. The topological polar surface area (TPSA) is 56.6 Å². The number of thiocarbonyl (C=S) groups is 1. The number of aliphatic hydroxyl groups is 1. The summed E-state index contributed by atoms with van der Waals surface area (Å²) < 4.78 is 0. The van der Waals surface area contributed by atoms with Gasteiger partial charge in [0.1, 0.15) is 10.8 Å². The number of hydrogen-bond acceptors (Lipinski definition) is 4. The van der Waals surface area contributed by atoms with Crippen LogP contribution in [0.25, 0.3) is 0 Å². The van der Waals surface area contributed by atoms with E-state index in [0.29, 0.717) is 17.4 Å². The van der Waals surface area contributed by atoms with Gasteiger partial charge in [-0.3, -0.25) is 4.99 Å². The number of amidine groups is 1. The molecule has 0 fully saturated rings. The average molecular weight is 311 g/mol. The van der Waals surface area contributed by atoms with E-state index in [4.69, 9.17) is 12.2 Å². The van der Waals surface area contributed by atoms with Gasteiger partial charge in [0, 0.05) is 11.4 Å². The first-order valence-corrected chi connectivity index (χ1v) is 7.47. The molecule has 4 nitrogen and oxygen atoms in total. The van der Waals surface area contributed by atoms with Crippen LogP contribution in [0.1, 0.15) is 12.5 Å². The summed E-state index contributed by atoms with van der Waals surface area (Å²) in [6.07, 6.45) is 0. The Morgan fingerprint density at radius 2 is 1.86 bits per heavy atom. The molecular weight excluding hydrogens is 294 g/mol. The van der Waals surface area contributed by atoms with Crippen molar-refractivity contribution in [1.29, 1.82) is 0 Å². The van der Waals surface area contributed by atoms with E-state index in [1.165, 1.54) is 0 Å². The zero-order valence-electron chi connectivity index (χ0n) is 12.2. The lowest BCUT2D eigenvalue weighted by Gasteiger charge is -2.30. The number of fused-ring (bicyclic) bond motifs is 1. The minimum Gasteiger partial charge on any atom is -0.375 e. The summed E-state index contributed by atoms with van der Waals surface area (Å²) >= 11 is 5.37. The summed E-state index contributed by atoms with van der Waals surface area (Å²) in [7, 11) is 0. The van der Waals surface area contributed by atoms with Crippen molar-refractivity contribution in [3.05, 3.63) is 60.2 Å². The molecule has 0 saturated heterocycles. The van der Waals surface area contributed by atoms with Crippen LogP contribution >= 0.6 is 12.2 Å². The van der Waals surface area contributed by atoms with Gasteiger partial charge in [0.25, 0.3) is 0 Å². The van der Waals surface area contributed by atoms with Gasteiger partial charge >= 0.3 is 0 Å². The van der Waals surface area contributed by atoms with Crippen molar-refractivity contribution >= 4 is 34.4 Å². The Kier molecular flexibility index (Phi) is 3.92. The van der Waals surface area contributed by atoms with Gasteiger partial charge in [0.05, 0.1) is 6.54 Å². The van der Waals surface area contributed by atoms with Crippen LogP contribution in [0.2, 0.25) is 0 Å². The minimum atomic E-state index is -1.36. The highest BCUT2D eigenvalue weighted by Gasteiger charge is 2.34. The first kappa shape index (κ1) is 14.7. The fourth-order valence-corrected chi connectivity index (χ4v) is 2.48. The maximum atomic E-state index is 10.8. The fraction of sp³-hybridized carbons (Fsp3) is 0.176. The predicted octanol–water partition coefficient (Wildman–Crippen LogP) is 3.20. The van der Waals surface area contributed by atoms with E-state index in [1.807, 2.05) is 54.6 Å². The fourth-order valence-electron chi connectivity index (χ4n) is 2.27. The summed E-state index contributed by atoms with van der Waals surface area (Å²) in [5.74, 6) is 0.458. The molecule has 3 rings (SSSR count). The quantitative estimate of drug-likeness (QED) is 0.762. The molecule has 1 atom stereocenters. The summed E-state index contributed by atoms with van der Waals surface area (Å²) in [5.41, 5.74) is 1.53. The van der Waals surface area contributed by atoms with Crippen molar-refractivity contribution in [2.24, 2.45) is 4.99 Å². The third-order valence-electron chi connectivity index (χ3n) is 3.61. The predicted molar refractivity (Wildman–Crippen MR) is 94.5 cm³/mol. The van der Waals surface area contributed by atoms with Crippen LogP contribution in [-0.4, -0.2) is 21.5 Å². The molecule has 1 unspecified atom stereocenters. The lowest BCUT2D eigenvalue weighted by atomic mass is 10.0. The van der Waals surface area contributed by atoms with Gasteiger partial charge in [-0.2, -0.15) is 0 Å². The number of anilines is 2. The van der Waals surface area contributed by atoms with Crippen LogP contribution in [0, 0.1) is 0 Å². The smallest absolute Gasteiger partial charge is 0.169 e. The van der Waals surface area contributed by atoms with Crippen LogP contribution in [0.3, 0.4) is 0 Å². The molecule has 0 bridgehead atoms. The molecule has 0 spiro atoms.